The van der Waals surface area contributed by atoms with Crippen molar-refractivity contribution in [2.45, 2.75) is 51.0 Å². The van der Waals surface area contributed by atoms with E-state index < -0.39 is 28.0 Å². The molecular weight excluding hydrogens is 458 g/mol. The van der Waals surface area contributed by atoms with E-state index in [4.69, 9.17) is 4.74 Å². The van der Waals surface area contributed by atoms with Crippen LogP contribution in [0, 0.1) is 6.92 Å². The highest BCUT2D eigenvalue weighted by Crippen LogP contribution is 2.25. The van der Waals surface area contributed by atoms with Gasteiger partial charge >= 0.3 is 5.97 Å². The molecule has 3 rings (SSSR count). The summed E-state index contributed by atoms with van der Waals surface area (Å²) in [5, 5.41) is 5.26. The molecule has 2 aromatic carbocycles. The molecule has 2 amide bonds. The third-order valence-electron chi connectivity index (χ3n) is 5.48. The molecule has 1 saturated heterocycles. The van der Waals surface area contributed by atoms with Crippen LogP contribution >= 0.6 is 0 Å². The van der Waals surface area contributed by atoms with E-state index in [-0.39, 0.29) is 16.4 Å². The van der Waals surface area contributed by atoms with Crippen LogP contribution in [0.1, 0.15) is 49.0 Å². The topological polar surface area (TPSA) is 122 Å². The van der Waals surface area contributed by atoms with Crippen LogP contribution in [0.15, 0.2) is 47.4 Å². The summed E-state index contributed by atoms with van der Waals surface area (Å²) in [5.41, 5.74) is 1.64. The second-order valence-electron chi connectivity index (χ2n) is 8.24. The molecule has 1 unspecified atom stereocenters. The highest BCUT2D eigenvalue weighted by Gasteiger charge is 2.29. The van der Waals surface area contributed by atoms with Crippen molar-refractivity contribution < 1.29 is 27.5 Å². The predicted octanol–water partition coefficient (Wildman–Crippen LogP) is 3.31. The standard InChI is InChI=1S/C24H29N3O6S/c1-16-7-8-19(15-22(16)34(31,32)27-13-5-4-6-14-27)24(30)33-17(2)23(29)26-21-11-9-20(10-12-21)25-18(3)28/h7-12,15,17H,4-6,13-14H2,1-3H3,(H,25,28)(H,26,29). The Balaban J connectivity index is 1.67. The summed E-state index contributed by atoms with van der Waals surface area (Å²) in [5.74, 6) is -1.55. The van der Waals surface area contributed by atoms with Crippen LogP contribution in [-0.2, 0) is 24.3 Å². The maximum atomic E-state index is 13.1. The van der Waals surface area contributed by atoms with Crippen LogP contribution in [0.3, 0.4) is 0 Å². The van der Waals surface area contributed by atoms with Crippen molar-refractivity contribution in [3.8, 4) is 0 Å². The van der Waals surface area contributed by atoms with Crippen molar-refractivity contribution in [2.75, 3.05) is 23.7 Å². The maximum absolute atomic E-state index is 13.1. The first-order valence-electron chi connectivity index (χ1n) is 11.1. The van der Waals surface area contributed by atoms with Gasteiger partial charge in [0.05, 0.1) is 10.5 Å². The van der Waals surface area contributed by atoms with Gasteiger partial charge in [-0.1, -0.05) is 12.5 Å². The summed E-state index contributed by atoms with van der Waals surface area (Å²) in [7, 11) is -3.73. The van der Waals surface area contributed by atoms with E-state index in [0.29, 0.717) is 30.0 Å². The number of nitrogens with one attached hydrogen (secondary N) is 2. The van der Waals surface area contributed by atoms with Crippen molar-refractivity contribution in [2.24, 2.45) is 0 Å². The van der Waals surface area contributed by atoms with E-state index in [1.807, 2.05) is 0 Å². The minimum absolute atomic E-state index is 0.0560. The number of esters is 1. The fourth-order valence-corrected chi connectivity index (χ4v) is 5.38. The number of anilines is 2. The fraction of sp³-hybridized carbons (Fsp3) is 0.375. The maximum Gasteiger partial charge on any atom is 0.338 e. The molecular formula is C24H29N3O6S. The molecule has 0 radical (unpaired) electrons. The average molecular weight is 488 g/mol. The molecule has 0 saturated carbocycles. The molecule has 0 spiro atoms. The van der Waals surface area contributed by atoms with Gasteiger partial charge in [-0.2, -0.15) is 4.31 Å². The largest absolute Gasteiger partial charge is 0.449 e. The van der Waals surface area contributed by atoms with Crippen molar-refractivity contribution in [1.29, 1.82) is 0 Å². The van der Waals surface area contributed by atoms with Crippen molar-refractivity contribution in [1.82, 2.24) is 4.31 Å². The zero-order chi connectivity index (χ0) is 24.9. The molecule has 9 nitrogen and oxygen atoms in total. The van der Waals surface area contributed by atoms with Crippen molar-refractivity contribution in [3.05, 3.63) is 53.6 Å². The zero-order valence-corrected chi connectivity index (χ0v) is 20.3. The van der Waals surface area contributed by atoms with Gasteiger partial charge < -0.3 is 15.4 Å². The molecule has 34 heavy (non-hydrogen) atoms. The Morgan fingerprint density at radius 3 is 2.12 bits per heavy atom. The lowest BCUT2D eigenvalue weighted by atomic mass is 10.1. The summed E-state index contributed by atoms with van der Waals surface area (Å²) in [4.78, 5) is 36.3. The van der Waals surface area contributed by atoms with Crippen molar-refractivity contribution in [3.63, 3.8) is 0 Å². The Hall–Kier alpha value is -3.24. The minimum Gasteiger partial charge on any atom is -0.449 e. The number of hydrogen-bond acceptors (Lipinski definition) is 6. The summed E-state index contributed by atoms with van der Waals surface area (Å²) in [6.07, 6.45) is 1.49. The number of aryl methyl sites for hydroxylation is 1. The van der Waals surface area contributed by atoms with Gasteiger partial charge in [0.25, 0.3) is 5.91 Å². The Bertz CT molecular complexity index is 1170. The van der Waals surface area contributed by atoms with E-state index in [9.17, 15) is 22.8 Å². The number of carbonyl (C=O) groups is 3. The summed E-state index contributed by atoms with van der Waals surface area (Å²) >= 11 is 0. The first-order valence-corrected chi connectivity index (χ1v) is 12.5. The van der Waals surface area contributed by atoms with Gasteiger partial charge in [-0.05, 0) is 68.7 Å². The molecule has 1 fully saturated rings. The summed E-state index contributed by atoms with van der Waals surface area (Å²) in [6, 6.07) is 10.8. The van der Waals surface area contributed by atoms with Crippen LogP contribution < -0.4 is 10.6 Å². The molecule has 1 atom stereocenters. The number of amides is 2. The normalized spacial score (nSPS) is 15.3. The highest BCUT2D eigenvalue weighted by atomic mass is 32.2. The van der Waals surface area contributed by atoms with E-state index in [2.05, 4.69) is 10.6 Å². The van der Waals surface area contributed by atoms with Crippen molar-refractivity contribution >= 4 is 39.2 Å². The predicted molar refractivity (Wildman–Crippen MR) is 128 cm³/mol. The van der Waals surface area contributed by atoms with Gasteiger partial charge in [-0.25, -0.2) is 13.2 Å². The Morgan fingerprint density at radius 1 is 0.941 bits per heavy atom. The lowest BCUT2D eigenvalue weighted by molar-refractivity contribution is -0.123. The molecule has 1 aliphatic rings. The number of sulfonamides is 1. The van der Waals surface area contributed by atoms with E-state index >= 15 is 0 Å². The third-order valence-corrected chi connectivity index (χ3v) is 7.52. The van der Waals surface area contributed by atoms with Gasteiger partial charge in [0.2, 0.25) is 15.9 Å². The van der Waals surface area contributed by atoms with Gasteiger partial charge in [-0.15, -0.1) is 0 Å². The van der Waals surface area contributed by atoms with Gasteiger partial charge in [0, 0.05) is 31.4 Å². The SMILES string of the molecule is CC(=O)Nc1ccc(NC(=O)C(C)OC(=O)c2ccc(C)c(S(=O)(=O)N3CCCCC3)c2)cc1. The van der Waals surface area contributed by atoms with Gasteiger partial charge in [0.15, 0.2) is 6.10 Å². The Morgan fingerprint density at radius 2 is 1.53 bits per heavy atom. The fourth-order valence-electron chi connectivity index (χ4n) is 3.62. The molecule has 0 aliphatic carbocycles. The Kier molecular flexibility index (Phi) is 8.06. The molecule has 182 valence electrons. The molecule has 0 bridgehead atoms. The van der Waals surface area contributed by atoms with Crippen LogP contribution in [0.4, 0.5) is 11.4 Å². The minimum atomic E-state index is -3.73. The molecule has 2 N–H and O–H groups in total. The van der Waals surface area contributed by atoms with E-state index in [1.54, 1.807) is 37.3 Å². The number of nitrogens with zero attached hydrogens (tertiary/aromatic N) is 1. The molecule has 2 aromatic rings. The lowest BCUT2D eigenvalue weighted by Gasteiger charge is -2.26. The first kappa shape index (κ1) is 25.4. The number of hydrogen-bond donors (Lipinski definition) is 2. The number of ether oxygens (including phenoxy) is 1. The number of rotatable bonds is 7. The molecule has 1 heterocycles. The van der Waals surface area contributed by atoms with Crippen LogP contribution in [0.25, 0.3) is 0 Å². The first-order chi connectivity index (χ1) is 16.1. The summed E-state index contributed by atoms with van der Waals surface area (Å²) in [6.45, 7) is 5.42. The smallest absolute Gasteiger partial charge is 0.338 e. The van der Waals surface area contributed by atoms with E-state index in [1.165, 1.54) is 30.3 Å². The molecule has 10 heteroatoms. The lowest BCUT2D eigenvalue weighted by Crippen LogP contribution is -2.36. The average Bonchev–Trinajstić information content (AvgIpc) is 2.80. The van der Waals surface area contributed by atoms with Crippen LogP contribution in [0.2, 0.25) is 0 Å². The van der Waals surface area contributed by atoms with Crippen LogP contribution in [-0.4, -0.2) is 49.7 Å². The molecule has 0 aromatic heterocycles. The van der Waals surface area contributed by atoms with Gasteiger partial charge in [0.1, 0.15) is 0 Å². The number of benzene rings is 2. The third kappa shape index (κ3) is 6.21. The molecule has 1 aliphatic heterocycles. The number of piperidine rings is 1. The second kappa shape index (κ2) is 10.8. The van der Waals surface area contributed by atoms with Crippen LogP contribution in [0.5, 0.6) is 0 Å². The second-order valence-corrected chi connectivity index (χ2v) is 10.1. The zero-order valence-electron chi connectivity index (χ0n) is 19.5. The highest BCUT2D eigenvalue weighted by molar-refractivity contribution is 7.89. The summed E-state index contributed by atoms with van der Waals surface area (Å²) < 4.78 is 32.9. The van der Waals surface area contributed by atoms with Gasteiger partial charge in [-0.3, -0.25) is 9.59 Å². The number of carbonyl (C=O) groups excluding carboxylic acids is 3. The Labute approximate surface area is 199 Å². The van der Waals surface area contributed by atoms with E-state index in [0.717, 1.165) is 19.3 Å². The quantitative estimate of drug-likeness (QED) is 0.578. The monoisotopic (exact) mass is 487 g/mol.